The number of likely N-dealkylation sites (tertiary alicyclic amines) is 1. The molecule has 2 aromatic rings. The second kappa shape index (κ2) is 9.79. The van der Waals surface area contributed by atoms with Crippen molar-refractivity contribution in [3.63, 3.8) is 0 Å². The maximum atomic E-state index is 13.2. The Hall–Kier alpha value is -2.77. The van der Waals surface area contributed by atoms with Gasteiger partial charge in [-0.25, -0.2) is 9.37 Å². The number of hydrogen-bond donors (Lipinski definition) is 1. The second-order valence-electron chi connectivity index (χ2n) is 9.34. The molecule has 2 heterocycles. The number of carbonyl (C=O) groups is 2. The van der Waals surface area contributed by atoms with Crippen LogP contribution in [0.15, 0.2) is 36.9 Å². The summed E-state index contributed by atoms with van der Waals surface area (Å²) in [5, 5.41) is 14.1. The van der Waals surface area contributed by atoms with E-state index in [1.165, 1.54) is 44.2 Å². The zero-order valence-corrected chi connectivity index (χ0v) is 18.3. The lowest BCUT2D eigenvalue weighted by Crippen LogP contribution is -2.51. The van der Waals surface area contributed by atoms with Crippen LogP contribution in [0.25, 0.3) is 0 Å². The van der Waals surface area contributed by atoms with Gasteiger partial charge >= 0.3 is 5.97 Å². The molecule has 1 aliphatic carbocycles. The third-order valence-electron chi connectivity index (χ3n) is 7.43. The molecular weight excluding hydrogens is 411 g/mol. The molecule has 1 atom stereocenters. The van der Waals surface area contributed by atoms with Crippen LogP contribution < -0.4 is 0 Å². The molecule has 0 bridgehead atoms. The van der Waals surface area contributed by atoms with Crippen molar-refractivity contribution in [2.75, 3.05) is 13.1 Å². The predicted octanol–water partition coefficient (Wildman–Crippen LogP) is 3.55. The Bertz CT molecular complexity index is 902. The summed E-state index contributed by atoms with van der Waals surface area (Å²) in [6.45, 7) is 1.89. The first-order chi connectivity index (χ1) is 15.5. The number of rotatable bonds is 7. The van der Waals surface area contributed by atoms with Gasteiger partial charge in [0.05, 0.1) is 0 Å². The van der Waals surface area contributed by atoms with Crippen molar-refractivity contribution in [3.05, 3.63) is 48.3 Å². The summed E-state index contributed by atoms with van der Waals surface area (Å²) in [4.78, 5) is 30.9. The average Bonchev–Trinajstić information content (AvgIpc) is 3.32. The molecule has 7 nitrogen and oxygen atoms in total. The maximum Gasteiger partial charge on any atom is 0.316 e. The molecule has 1 saturated heterocycles. The van der Waals surface area contributed by atoms with Crippen LogP contribution in [-0.4, -0.2) is 49.7 Å². The smallest absolute Gasteiger partial charge is 0.316 e. The Kier molecular flexibility index (Phi) is 6.86. The third-order valence-corrected chi connectivity index (χ3v) is 7.43. The Morgan fingerprint density at radius 2 is 1.81 bits per heavy atom. The Morgan fingerprint density at radius 3 is 2.41 bits per heavy atom. The standard InChI is InChI=1S/C24H31FN4O3/c25-20-8-6-18(7-9-20)14-21(23(31)32)22(30)28-12-10-24(11-13-28,15-29-17-26-16-27-29)19-4-2-1-3-5-19/h6-9,16-17,19,21H,1-5,10-15H2,(H,31,32)/t21-/m1/s1. The van der Waals surface area contributed by atoms with E-state index in [-0.39, 0.29) is 23.6 Å². The van der Waals surface area contributed by atoms with Crippen LogP contribution in [0.2, 0.25) is 0 Å². The SMILES string of the molecule is O=C(O)[C@H](Cc1ccc(F)cc1)C(=O)N1CCC(Cn2cncn2)(C2CCCCC2)CC1. The van der Waals surface area contributed by atoms with E-state index in [1.807, 2.05) is 4.68 Å². The van der Waals surface area contributed by atoms with Gasteiger partial charge < -0.3 is 10.0 Å². The molecule has 4 rings (SSSR count). The largest absolute Gasteiger partial charge is 0.481 e. The van der Waals surface area contributed by atoms with E-state index in [0.29, 0.717) is 24.6 Å². The number of hydrogen-bond acceptors (Lipinski definition) is 4. The van der Waals surface area contributed by atoms with Crippen molar-refractivity contribution in [2.45, 2.75) is 57.9 Å². The summed E-state index contributed by atoms with van der Waals surface area (Å²) in [6, 6.07) is 5.67. The number of aliphatic carboxylic acids is 1. The summed E-state index contributed by atoms with van der Waals surface area (Å²) in [6.07, 6.45) is 11.2. The van der Waals surface area contributed by atoms with Gasteiger partial charge in [0.1, 0.15) is 24.4 Å². The van der Waals surface area contributed by atoms with Crippen LogP contribution in [-0.2, 0) is 22.6 Å². The number of amides is 1. The first-order valence-corrected chi connectivity index (χ1v) is 11.6. The molecule has 0 spiro atoms. The summed E-state index contributed by atoms with van der Waals surface area (Å²) < 4.78 is 15.1. The molecule has 8 heteroatoms. The fourth-order valence-corrected chi connectivity index (χ4v) is 5.58. The Morgan fingerprint density at radius 1 is 1.12 bits per heavy atom. The Balaban J connectivity index is 1.45. The lowest BCUT2D eigenvalue weighted by Gasteiger charge is -2.48. The highest BCUT2D eigenvalue weighted by Crippen LogP contribution is 2.47. The van der Waals surface area contributed by atoms with Gasteiger partial charge in [-0.3, -0.25) is 14.3 Å². The van der Waals surface area contributed by atoms with Gasteiger partial charge in [0.2, 0.25) is 5.91 Å². The van der Waals surface area contributed by atoms with Crippen molar-refractivity contribution in [1.82, 2.24) is 19.7 Å². The second-order valence-corrected chi connectivity index (χ2v) is 9.34. The van der Waals surface area contributed by atoms with Crippen molar-refractivity contribution in [2.24, 2.45) is 17.3 Å². The molecule has 32 heavy (non-hydrogen) atoms. The number of aromatic nitrogens is 3. The number of carbonyl (C=O) groups excluding carboxylic acids is 1. The van der Waals surface area contributed by atoms with Gasteiger partial charge in [-0.1, -0.05) is 31.4 Å². The lowest BCUT2D eigenvalue weighted by molar-refractivity contribution is -0.152. The van der Waals surface area contributed by atoms with E-state index in [2.05, 4.69) is 10.1 Å². The van der Waals surface area contributed by atoms with Crippen LogP contribution in [0.1, 0.15) is 50.5 Å². The average molecular weight is 443 g/mol. The summed E-state index contributed by atoms with van der Waals surface area (Å²) in [5.74, 6) is -2.43. The number of benzene rings is 1. The topological polar surface area (TPSA) is 88.3 Å². The van der Waals surface area contributed by atoms with E-state index in [9.17, 15) is 19.1 Å². The molecule has 1 saturated carbocycles. The van der Waals surface area contributed by atoms with E-state index >= 15 is 0 Å². The minimum Gasteiger partial charge on any atom is -0.481 e. The summed E-state index contributed by atoms with van der Waals surface area (Å²) in [5.41, 5.74) is 0.701. The fourth-order valence-electron chi connectivity index (χ4n) is 5.58. The highest BCUT2D eigenvalue weighted by molar-refractivity contribution is 5.97. The number of halogens is 1. The van der Waals surface area contributed by atoms with E-state index < -0.39 is 11.9 Å². The number of nitrogens with zero attached hydrogens (tertiary/aromatic N) is 4. The first kappa shape index (κ1) is 22.4. The number of carboxylic acids is 1. The molecular formula is C24H31FN4O3. The van der Waals surface area contributed by atoms with Crippen molar-refractivity contribution < 1.29 is 19.1 Å². The van der Waals surface area contributed by atoms with Crippen LogP contribution in [0.3, 0.4) is 0 Å². The van der Waals surface area contributed by atoms with E-state index in [0.717, 1.165) is 19.4 Å². The van der Waals surface area contributed by atoms with Gasteiger partial charge in [0.25, 0.3) is 0 Å². The van der Waals surface area contributed by atoms with Crippen LogP contribution in [0.4, 0.5) is 4.39 Å². The minimum atomic E-state index is -1.15. The fraction of sp³-hybridized carbons (Fsp3) is 0.583. The van der Waals surface area contributed by atoms with Gasteiger partial charge in [-0.05, 0) is 61.1 Å². The van der Waals surface area contributed by atoms with Gasteiger partial charge in [0.15, 0.2) is 0 Å². The van der Waals surface area contributed by atoms with E-state index in [1.54, 1.807) is 29.7 Å². The van der Waals surface area contributed by atoms with Gasteiger partial charge in [0, 0.05) is 19.6 Å². The summed E-state index contributed by atoms with van der Waals surface area (Å²) in [7, 11) is 0. The highest BCUT2D eigenvalue weighted by Gasteiger charge is 2.44. The van der Waals surface area contributed by atoms with Crippen molar-refractivity contribution in [1.29, 1.82) is 0 Å². The molecule has 172 valence electrons. The molecule has 1 aliphatic heterocycles. The highest BCUT2D eigenvalue weighted by atomic mass is 19.1. The zero-order valence-electron chi connectivity index (χ0n) is 18.3. The van der Waals surface area contributed by atoms with E-state index in [4.69, 9.17) is 0 Å². The minimum absolute atomic E-state index is 0.0561. The van der Waals surface area contributed by atoms with Gasteiger partial charge in [-0.2, -0.15) is 5.10 Å². The molecule has 0 unspecified atom stereocenters. The molecule has 1 aromatic heterocycles. The zero-order chi connectivity index (χ0) is 22.6. The molecule has 1 aromatic carbocycles. The maximum absolute atomic E-state index is 13.2. The van der Waals surface area contributed by atoms with Crippen LogP contribution >= 0.6 is 0 Å². The Labute approximate surface area is 187 Å². The van der Waals surface area contributed by atoms with Crippen molar-refractivity contribution >= 4 is 11.9 Å². The van der Waals surface area contributed by atoms with Crippen molar-refractivity contribution in [3.8, 4) is 0 Å². The monoisotopic (exact) mass is 442 g/mol. The summed E-state index contributed by atoms with van der Waals surface area (Å²) >= 11 is 0. The number of piperidine rings is 1. The van der Waals surface area contributed by atoms with Gasteiger partial charge in [-0.15, -0.1) is 0 Å². The molecule has 1 N–H and O–H groups in total. The molecule has 2 aliphatic rings. The predicted molar refractivity (Wildman–Crippen MR) is 116 cm³/mol. The first-order valence-electron chi connectivity index (χ1n) is 11.6. The molecule has 0 radical (unpaired) electrons. The number of carboxylic acid groups (broad SMARTS) is 1. The molecule has 2 fully saturated rings. The third kappa shape index (κ3) is 5.00. The quantitative estimate of drug-likeness (QED) is 0.663. The van der Waals surface area contributed by atoms with Crippen LogP contribution in [0.5, 0.6) is 0 Å². The lowest BCUT2D eigenvalue weighted by atomic mass is 9.63. The van der Waals surface area contributed by atoms with Crippen LogP contribution in [0, 0.1) is 23.1 Å². The normalized spacial score (nSPS) is 20.1. The molecule has 1 amide bonds.